The highest BCUT2D eigenvalue weighted by Gasteiger charge is 2.35. The van der Waals surface area contributed by atoms with Crippen molar-refractivity contribution < 1.29 is 29.0 Å². The van der Waals surface area contributed by atoms with Gasteiger partial charge in [0.15, 0.2) is 6.10 Å². The number of ether oxygens (including phenoxy) is 2. The van der Waals surface area contributed by atoms with E-state index in [1.807, 2.05) is 36.4 Å². The third kappa shape index (κ3) is 4.85. The second kappa shape index (κ2) is 10.0. The molecule has 0 saturated carbocycles. The monoisotopic (exact) mass is 452 g/mol. The molecule has 1 aliphatic heterocycles. The molecule has 1 unspecified atom stereocenters. The molecule has 8 nitrogen and oxygen atoms in total. The molecule has 2 aliphatic rings. The number of likely N-dealkylation sites (tertiary alicyclic amines) is 1. The second-order valence-electron chi connectivity index (χ2n) is 8.36. The molecule has 2 atom stereocenters. The van der Waals surface area contributed by atoms with Crippen molar-refractivity contribution in [2.75, 3.05) is 26.8 Å². The summed E-state index contributed by atoms with van der Waals surface area (Å²) in [6, 6.07) is 15.8. The topological polar surface area (TPSA) is 105 Å². The molecule has 0 radical (unpaired) electrons. The van der Waals surface area contributed by atoms with Gasteiger partial charge in [-0.15, -0.1) is 0 Å². The molecule has 1 heterocycles. The van der Waals surface area contributed by atoms with Crippen LogP contribution in [0.25, 0.3) is 11.1 Å². The summed E-state index contributed by atoms with van der Waals surface area (Å²) >= 11 is 0. The molecule has 174 valence electrons. The lowest BCUT2D eigenvalue weighted by atomic mass is 9.98. The maximum atomic E-state index is 12.8. The van der Waals surface area contributed by atoms with Gasteiger partial charge in [0.2, 0.25) is 0 Å². The number of nitrogens with zero attached hydrogens (tertiary/aromatic N) is 1. The van der Waals surface area contributed by atoms with Gasteiger partial charge in [-0.2, -0.15) is 0 Å². The molecular formula is C25H28N2O6. The first-order chi connectivity index (χ1) is 16.0. The van der Waals surface area contributed by atoms with Crippen molar-refractivity contribution in [3.05, 3.63) is 59.7 Å². The summed E-state index contributed by atoms with van der Waals surface area (Å²) in [7, 11) is 1.39. The van der Waals surface area contributed by atoms with Gasteiger partial charge in [-0.25, -0.2) is 4.79 Å². The van der Waals surface area contributed by atoms with Crippen LogP contribution in [0.2, 0.25) is 0 Å². The first kappa shape index (κ1) is 22.8. The van der Waals surface area contributed by atoms with E-state index < -0.39 is 18.2 Å². The standard InChI is InChI=1S/C25H28N2O6/c1-32-22(24(30)27-12-6-7-16(27)13-23(28)29)14-26-25(31)33-15-21-19-10-4-2-8-17(19)18-9-3-5-11-20(18)21/h2-5,8-11,16,21-22H,6-7,12-15H2,1H3,(H,26,31)(H,28,29)/t16-,22?/m0/s1. The van der Waals surface area contributed by atoms with Crippen molar-refractivity contribution in [3.63, 3.8) is 0 Å². The van der Waals surface area contributed by atoms with Gasteiger partial charge in [0.25, 0.3) is 5.91 Å². The van der Waals surface area contributed by atoms with Crippen LogP contribution in [0.3, 0.4) is 0 Å². The zero-order valence-corrected chi connectivity index (χ0v) is 18.5. The molecule has 4 rings (SSSR count). The van der Waals surface area contributed by atoms with E-state index in [0.717, 1.165) is 28.7 Å². The third-order valence-electron chi connectivity index (χ3n) is 6.41. The third-order valence-corrected chi connectivity index (χ3v) is 6.41. The number of benzene rings is 2. The summed E-state index contributed by atoms with van der Waals surface area (Å²) in [6.07, 6.45) is -0.231. The molecule has 2 N–H and O–H groups in total. The number of carboxylic acid groups (broad SMARTS) is 1. The van der Waals surface area contributed by atoms with Crippen molar-refractivity contribution in [3.8, 4) is 11.1 Å². The second-order valence-corrected chi connectivity index (χ2v) is 8.36. The van der Waals surface area contributed by atoms with Crippen molar-refractivity contribution in [1.29, 1.82) is 0 Å². The number of nitrogens with one attached hydrogen (secondary N) is 1. The fraction of sp³-hybridized carbons (Fsp3) is 0.400. The first-order valence-electron chi connectivity index (χ1n) is 11.1. The maximum absolute atomic E-state index is 12.8. The van der Waals surface area contributed by atoms with Crippen molar-refractivity contribution in [2.45, 2.75) is 37.3 Å². The zero-order chi connectivity index (χ0) is 23.4. The Bertz CT molecular complexity index is 994. The number of carboxylic acids is 1. The molecule has 2 amide bonds. The van der Waals surface area contributed by atoms with Crippen LogP contribution in [0, 0.1) is 0 Å². The lowest BCUT2D eigenvalue weighted by Gasteiger charge is -2.27. The average Bonchev–Trinajstić information content (AvgIpc) is 3.40. The van der Waals surface area contributed by atoms with E-state index in [0.29, 0.717) is 13.0 Å². The van der Waals surface area contributed by atoms with Crippen LogP contribution in [-0.2, 0) is 19.1 Å². The van der Waals surface area contributed by atoms with Crippen LogP contribution in [0.15, 0.2) is 48.5 Å². The van der Waals surface area contributed by atoms with Gasteiger partial charge >= 0.3 is 12.1 Å². The van der Waals surface area contributed by atoms with Crippen molar-refractivity contribution in [2.24, 2.45) is 0 Å². The average molecular weight is 453 g/mol. The van der Waals surface area contributed by atoms with Crippen LogP contribution >= 0.6 is 0 Å². The molecule has 0 spiro atoms. The largest absolute Gasteiger partial charge is 0.481 e. The highest BCUT2D eigenvalue weighted by molar-refractivity contribution is 5.83. The predicted octanol–water partition coefficient (Wildman–Crippen LogP) is 3.01. The summed E-state index contributed by atoms with van der Waals surface area (Å²) in [5.74, 6) is -1.31. The van der Waals surface area contributed by atoms with Crippen LogP contribution in [0.5, 0.6) is 0 Å². The Morgan fingerprint density at radius 2 is 1.73 bits per heavy atom. The smallest absolute Gasteiger partial charge is 0.407 e. The van der Waals surface area contributed by atoms with Gasteiger partial charge < -0.3 is 24.8 Å². The minimum atomic E-state index is -0.939. The number of alkyl carbamates (subject to hydrolysis) is 1. The number of hydrogen-bond donors (Lipinski definition) is 2. The lowest BCUT2D eigenvalue weighted by molar-refractivity contribution is -0.144. The summed E-state index contributed by atoms with van der Waals surface area (Å²) in [5.41, 5.74) is 4.53. The van der Waals surface area contributed by atoms with Crippen LogP contribution in [-0.4, -0.2) is 66.9 Å². The van der Waals surface area contributed by atoms with Gasteiger partial charge in [-0.1, -0.05) is 48.5 Å². The predicted molar refractivity (Wildman–Crippen MR) is 121 cm³/mol. The van der Waals surface area contributed by atoms with Gasteiger partial charge in [0.1, 0.15) is 6.61 Å². The van der Waals surface area contributed by atoms with Gasteiger partial charge in [0, 0.05) is 25.6 Å². The highest BCUT2D eigenvalue weighted by atomic mass is 16.5. The van der Waals surface area contributed by atoms with Crippen LogP contribution in [0.4, 0.5) is 4.79 Å². The minimum absolute atomic E-state index is 0.0515. The molecule has 0 aromatic heterocycles. The van der Waals surface area contributed by atoms with E-state index in [9.17, 15) is 14.4 Å². The SMILES string of the molecule is COC(CNC(=O)OCC1c2ccccc2-c2ccccc21)C(=O)N1CCC[C@H]1CC(=O)O. The fourth-order valence-corrected chi connectivity index (χ4v) is 4.82. The minimum Gasteiger partial charge on any atom is -0.481 e. The normalized spacial score (nSPS) is 17.8. The Kier molecular flexibility index (Phi) is 6.93. The Balaban J connectivity index is 1.33. The number of fused-ring (bicyclic) bond motifs is 3. The molecule has 0 bridgehead atoms. The molecule has 2 aromatic carbocycles. The van der Waals surface area contributed by atoms with E-state index in [1.165, 1.54) is 7.11 Å². The first-order valence-corrected chi connectivity index (χ1v) is 11.1. The number of carbonyl (C=O) groups is 3. The fourth-order valence-electron chi connectivity index (χ4n) is 4.82. The van der Waals surface area contributed by atoms with Crippen LogP contribution < -0.4 is 5.32 Å². The van der Waals surface area contributed by atoms with Gasteiger partial charge in [0.05, 0.1) is 13.0 Å². The number of hydrogen-bond acceptors (Lipinski definition) is 5. The van der Waals surface area contributed by atoms with Gasteiger partial charge in [-0.05, 0) is 35.1 Å². The molecule has 8 heteroatoms. The highest BCUT2D eigenvalue weighted by Crippen LogP contribution is 2.44. The summed E-state index contributed by atoms with van der Waals surface area (Å²) in [5, 5.41) is 11.7. The molecule has 1 saturated heterocycles. The Morgan fingerprint density at radius 3 is 2.33 bits per heavy atom. The molecule has 1 fully saturated rings. The summed E-state index contributed by atoms with van der Waals surface area (Å²) in [4.78, 5) is 37.9. The number of aliphatic carboxylic acids is 1. The van der Waals surface area contributed by atoms with Gasteiger partial charge in [-0.3, -0.25) is 9.59 Å². The Labute approximate surface area is 192 Å². The van der Waals surface area contributed by atoms with Crippen molar-refractivity contribution in [1.82, 2.24) is 10.2 Å². The Morgan fingerprint density at radius 1 is 1.09 bits per heavy atom. The summed E-state index contributed by atoms with van der Waals surface area (Å²) < 4.78 is 10.8. The van der Waals surface area contributed by atoms with Crippen molar-refractivity contribution >= 4 is 18.0 Å². The molecule has 2 aromatic rings. The number of methoxy groups -OCH3 is 1. The lowest BCUT2D eigenvalue weighted by Crippen LogP contribution is -2.48. The zero-order valence-electron chi connectivity index (χ0n) is 18.5. The molecule has 1 aliphatic carbocycles. The summed E-state index contributed by atoms with van der Waals surface area (Å²) in [6.45, 7) is 0.613. The van der Waals surface area contributed by atoms with E-state index in [4.69, 9.17) is 14.6 Å². The molecule has 33 heavy (non-hydrogen) atoms. The quantitative estimate of drug-likeness (QED) is 0.638. The molecular weight excluding hydrogens is 424 g/mol. The van der Waals surface area contributed by atoms with Crippen LogP contribution in [0.1, 0.15) is 36.3 Å². The van der Waals surface area contributed by atoms with E-state index in [1.54, 1.807) is 4.90 Å². The maximum Gasteiger partial charge on any atom is 0.407 e. The van der Waals surface area contributed by atoms with E-state index in [-0.39, 0.29) is 37.4 Å². The van der Waals surface area contributed by atoms with E-state index in [2.05, 4.69) is 17.4 Å². The Hall–Kier alpha value is -3.39. The number of rotatable bonds is 8. The number of amides is 2. The van der Waals surface area contributed by atoms with E-state index >= 15 is 0 Å². The number of carbonyl (C=O) groups excluding carboxylic acids is 2.